The number of thioether (sulfide) groups is 1. The third-order valence-corrected chi connectivity index (χ3v) is 5.06. The average Bonchev–Trinajstić information content (AvgIpc) is 2.73. The molecule has 1 N–H and O–H groups in total. The maximum atomic E-state index is 12.2. The van der Waals surface area contributed by atoms with Gasteiger partial charge >= 0.3 is 0 Å². The Morgan fingerprint density at radius 1 is 0.964 bits per heavy atom. The molecule has 0 unspecified atom stereocenters. The summed E-state index contributed by atoms with van der Waals surface area (Å²) < 4.78 is 0. The van der Waals surface area contributed by atoms with E-state index in [1.807, 2.05) is 54.6 Å². The minimum atomic E-state index is -0.412. The molecule has 0 saturated carbocycles. The molecule has 3 aromatic rings. The number of carbonyl (C=O) groups is 1. The smallest absolute Gasteiger partial charge is 0.269 e. The fourth-order valence-corrected chi connectivity index (χ4v) is 3.45. The summed E-state index contributed by atoms with van der Waals surface area (Å²) in [7, 11) is 0. The van der Waals surface area contributed by atoms with Crippen LogP contribution in [0.1, 0.15) is 11.1 Å². The zero-order valence-corrected chi connectivity index (χ0v) is 15.8. The maximum Gasteiger partial charge on any atom is 0.269 e. The van der Waals surface area contributed by atoms with Gasteiger partial charge in [0.15, 0.2) is 0 Å². The zero-order chi connectivity index (χ0) is 19.8. The number of rotatable bonds is 7. The van der Waals surface area contributed by atoms with Crippen LogP contribution in [0.3, 0.4) is 0 Å². The normalized spacial score (nSPS) is 10.7. The van der Waals surface area contributed by atoms with Crippen molar-refractivity contribution in [3.63, 3.8) is 0 Å². The average molecular weight is 390 g/mol. The monoisotopic (exact) mass is 390 g/mol. The highest BCUT2D eigenvalue weighted by Gasteiger charge is 2.07. The summed E-state index contributed by atoms with van der Waals surface area (Å²) in [4.78, 5) is 23.5. The van der Waals surface area contributed by atoms with Gasteiger partial charge in [-0.05, 0) is 29.3 Å². The lowest BCUT2D eigenvalue weighted by Gasteiger charge is -2.09. The minimum Gasteiger partial charge on any atom is -0.321 e. The van der Waals surface area contributed by atoms with E-state index in [4.69, 9.17) is 0 Å². The molecule has 0 aliphatic rings. The largest absolute Gasteiger partial charge is 0.321 e. The van der Waals surface area contributed by atoms with E-state index in [0.717, 1.165) is 21.7 Å². The van der Waals surface area contributed by atoms with Gasteiger partial charge in [-0.25, -0.2) is 0 Å². The van der Waals surface area contributed by atoms with Crippen LogP contribution >= 0.6 is 11.8 Å². The number of benzene rings is 3. The number of nitro benzene ring substituents is 1. The van der Waals surface area contributed by atoms with E-state index in [1.165, 1.54) is 18.2 Å². The lowest BCUT2D eigenvalue weighted by atomic mass is 10.2. The van der Waals surface area contributed by atoms with Crippen LogP contribution in [0, 0.1) is 10.1 Å². The second kappa shape index (κ2) is 9.53. The number of amides is 1. The highest BCUT2D eigenvalue weighted by molar-refractivity contribution is 7.98. The third kappa shape index (κ3) is 5.56. The summed E-state index contributed by atoms with van der Waals surface area (Å²) in [5.74, 6) is 0.442. The van der Waals surface area contributed by atoms with Crippen LogP contribution < -0.4 is 5.32 Å². The summed E-state index contributed by atoms with van der Waals surface area (Å²) in [5, 5.41) is 13.6. The molecule has 1 amide bonds. The highest BCUT2D eigenvalue weighted by atomic mass is 32.2. The van der Waals surface area contributed by atoms with Gasteiger partial charge in [0.1, 0.15) is 0 Å². The van der Waals surface area contributed by atoms with Gasteiger partial charge < -0.3 is 5.32 Å². The molecule has 28 heavy (non-hydrogen) atoms. The number of non-ortho nitro benzene ring substituents is 1. The lowest BCUT2D eigenvalue weighted by molar-refractivity contribution is -0.384. The molecular formula is C22H18N2O3S. The summed E-state index contributed by atoms with van der Waals surface area (Å²) >= 11 is 1.56. The van der Waals surface area contributed by atoms with Crippen LogP contribution in [-0.2, 0) is 10.5 Å². The summed E-state index contributed by atoms with van der Waals surface area (Å²) in [6.45, 7) is 0. The number of nitro groups is 1. The van der Waals surface area contributed by atoms with Gasteiger partial charge in [-0.1, -0.05) is 54.6 Å². The molecule has 5 nitrogen and oxygen atoms in total. The second-order valence-electron chi connectivity index (χ2n) is 5.94. The van der Waals surface area contributed by atoms with Crippen LogP contribution in [0.4, 0.5) is 11.4 Å². The molecule has 0 atom stereocenters. The van der Waals surface area contributed by atoms with E-state index in [1.54, 1.807) is 30.0 Å². The van der Waals surface area contributed by atoms with Gasteiger partial charge in [0, 0.05) is 28.9 Å². The molecule has 140 valence electrons. The van der Waals surface area contributed by atoms with Crippen molar-refractivity contribution in [2.24, 2.45) is 0 Å². The molecule has 0 aromatic heterocycles. The quantitative estimate of drug-likeness (QED) is 0.249. The molecule has 3 rings (SSSR count). The van der Waals surface area contributed by atoms with E-state index in [2.05, 4.69) is 5.32 Å². The first kappa shape index (κ1) is 19.4. The van der Waals surface area contributed by atoms with Gasteiger partial charge in [0.25, 0.3) is 5.69 Å². The predicted octanol–water partition coefficient (Wildman–Crippen LogP) is 5.54. The molecule has 0 aliphatic carbocycles. The first-order valence-electron chi connectivity index (χ1n) is 8.61. The topological polar surface area (TPSA) is 72.2 Å². The van der Waals surface area contributed by atoms with Crippen molar-refractivity contribution < 1.29 is 9.72 Å². The third-order valence-electron chi connectivity index (χ3n) is 3.91. The van der Waals surface area contributed by atoms with Crippen molar-refractivity contribution in [1.82, 2.24) is 0 Å². The molecule has 0 spiro atoms. The van der Waals surface area contributed by atoms with Gasteiger partial charge in [-0.3, -0.25) is 14.9 Å². The first-order valence-corrected chi connectivity index (χ1v) is 9.59. The van der Waals surface area contributed by atoms with Crippen molar-refractivity contribution in [2.75, 3.05) is 5.32 Å². The second-order valence-corrected chi connectivity index (χ2v) is 6.96. The van der Waals surface area contributed by atoms with E-state index in [0.29, 0.717) is 5.75 Å². The SMILES string of the molecule is O=C(/C=C/c1ccccc1)Nc1ccccc1SCc1ccc([N+](=O)[O-])cc1. The molecule has 3 aromatic carbocycles. The van der Waals surface area contributed by atoms with Gasteiger partial charge in [0.2, 0.25) is 5.91 Å². The van der Waals surface area contributed by atoms with Gasteiger partial charge in [-0.2, -0.15) is 0 Å². The zero-order valence-electron chi connectivity index (χ0n) is 14.9. The van der Waals surface area contributed by atoms with Crippen molar-refractivity contribution in [2.45, 2.75) is 10.6 Å². The molecule has 0 bridgehead atoms. The highest BCUT2D eigenvalue weighted by Crippen LogP contribution is 2.30. The number of anilines is 1. The van der Waals surface area contributed by atoms with Crippen LogP contribution in [-0.4, -0.2) is 10.8 Å². The van der Waals surface area contributed by atoms with Gasteiger partial charge in [-0.15, -0.1) is 11.8 Å². The van der Waals surface area contributed by atoms with E-state index in [-0.39, 0.29) is 11.6 Å². The molecular weight excluding hydrogens is 372 g/mol. The number of hydrogen-bond acceptors (Lipinski definition) is 4. The van der Waals surface area contributed by atoms with Crippen molar-refractivity contribution in [3.05, 3.63) is 106 Å². The predicted molar refractivity (Wildman–Crippen MR) is 113 cm³/mol. The number of hydrogen-bond donors (Lipinski definition) is 1. The number of nitrogens with zero attached hydrogens (tertiary/aromatic N) is 1. The molecule has 0 radical (unpaired) electrons. The number of carbonyl (C=O) groups excluding carboxylic acids is 1. The molecule has 6 heteroatoms. The van der Waals surface area contributed by atoms with Crippen molar-refractivity contribution in [1.29, 1.82) is 0 Å². The Labute approximate surface area is 167 Å². The summed E-state index contributed by atoms with van der Waals surface area (Å²) in [6, 6.07) is 23.7. The number of nitrogens with one attached hydrogen (secondary N) is 1. The summed E-state index contributed by atoms with van der Waals surface area (Å²) in [6.07, 6.45) is 3.27. The maximum absolute atomic E-state index is 12.2. The Hall–Kier alpha value is -3.38. The van der Waals surface area contributed by atoms with Crippen LogP contribution in [0.15, 0.2) is 89.8 Å². The van der Waals surface area contributed by atoms with E-state index in [9.17, 15) is 14.9 Å². The Balaban J connectivity index is 1.63. The first-order chi connectivity index (χ1) is 13.6. The number of para-hydroxylation sites is 1. The van der Waals surface area contributed by atoms with Crippen LogP contribution in [0.2, 0.25) is 0 Å². The van der Waals surface area contributed by atoms with Crippen molar-refractivity contribution in [3.8, 4) is 0 Å². The Kier molecular flexibility index (Phi) is 6.59. The minimum absolute atomic E-state index is 0.0756. The molecule has 0 fully saturated rings. The van der Waals surface area contributed by atoms with Crippen LogP contribution in [0.5, 0.6) is 0 Å². The van der Waals surface area contributed by atoms with Crippen molar-refractivity contribution >= 4 is 35.1 Å². The van der Waals surface area contributed by atoms with E-state index >= 15 is 0 Å². The summed E-state index contributed by atoms with van der Waals surface area (Å²) in [5.41, 5.74) is 2.74. The Morgan fingerprint density at radius 2 is 1.64 bits per heavy atom. The van der Waals surface area contributed by atoms with Crippen LogP contribution in [0.25, 0.3) is 6.08 Å². The van der Waals surface area contributed by atoms with E-state index < -0.39 is 4.92 Å². The lowest BCUT2D eigenvalue weighted by Crippen LogP contribution is -2.08. The Bertz CT molecular complexity index is 986. The fourth-order valence-electron chi connectivity index (χ4n) is 2.48. The standard InChI is InChI=1S/C22H18N2O3S/c25-22(15-12-17-6-2-1-3-7-17)23-20-8-4-5-9-21(20)28-16-18-10-13-19(14-11-18)24(26)27/h1-15H,16H2,(H,23,25)/b15-12+. The Morgan fingerprint density at radius 3 is 2.36 bits per heavy atom. The van der Waals surface area contributed by atoms with Gasteiger partial charge in [0.05, 0.1) is 10.6 Å². The molecule has 0 aliphatic heterocycles. The molecule has 0 saturated heterocycles. The molecule has 0 heterocycles. The fraction of sp³-hybridized carbons (Fsp3) is 0.0455.